The molecule has 0 unspecified atom stereocenters. The average molecular weight is 396 g/mol. The van der Waals surface area contributed by atoms with Crippen molar-refractivity contribution in [2.75, 3.05) is 7.05 Å². The lowest BCUT2D eigenvalue weighted by Crippen LogP contribution is -2.26. The van der Waals surface area contributed by atoms with Crippen molar-refractivity contribution in [3.63, 3.8) is 0 Å². The molecule has 3 nitrogen and oxygen atoms in total. The van der Waals surface area contributed by atoms with Crippen molar-refractivity contribution in [2.24, 2.45) is 0 Å². The summed E-state index contributed by atoms with van der Waals surface area (Å²) in [7, 11) is -1.87. The highest BCUT2D eigenvalue weighted by Crippen LogP contribution is 2.23. The first kappa shape index (κ1) is 18.2. The fraction of sp³-hybridized carbons (Fsp3) is 0.333. The molecule has 0 amide bonds. The van der Waals surface area contributed by atoms with Gasteiger partial charge in [0.05, 0.1) is 4.90 Å². The number of hydrogen-bond acceptors (Lipinski definition) is 2. The lowest BCUT2D eigenvalue weighted by atomic mass is 9.87. The monoisotopic (exact) mass is 395 g/mol. The first-order valence-corrected chi connectivity index (χ1v) is 9.65. The van der Waals surface area contributed by atoms with Crippen molar-refractivity contribution < 1.29 is 8.42 Å². The number of hydrogen-bond donors (Lipinski definition) is 0. The Morgan fingerprint density at radius 1 is 0.957 bits per heavy atom. The SMILES string of the molecule is CN(Cc1ccc(C(C)(C)C)cc1)S(=O)(=O)c1ccc(Br)cc1. The van der Waals surface area contributed by atoms with Gasteiger partial charge in [-0.25, -0.2) is 8.42 Å². The molecule has 124 valence electrons. The maximum atomic E-state index is 12.6. The Balaban J connectivity index is 2.18. The standard InChI is InChI=1S/C18H22BrNO2S/c1-18(2,3)15-7-5-14(6-8-15)13-20(4)23(21,22)17-11-9-16(19)10-12-17/h5-12H,13H2,1-4H3. The highest BCUT2D eigenvalue weighted by molar-refractivity contribution is 9.10. The maximum Gasteiger partial charge on any atom is 0.243 e. The smallest absolute Gasteiger partial charge is 0.207 e. The van der Waals surface area contributed by atoms with Crippen LogP contribution in [0.2, 0.25) is 0 Å². The van der Waals surface area contributed by atoms with Gasteiger partial charge in [0.1, 0.15) is 0 Å². The van der Waals surface area contributed by atoms with Gasteiger partial charge in [0.25, 0.3) is 0 Å². The first-order valence-electron chi connectivity index (χ1n) is 7.42. The van der Waals surface area contributed by atoms with Crippen LogP contribution in [0.15, 0.2) is 57.9 Å². The van der Waals surface area contributed by atoms with E-state index in [4.69, 9.17) is 0 Å². The number of nitrogens with zero attached hydrogens (tertiary/aromatic N) is 1. The van der Waals surface area contributed by atoms with E-state index in [1.165, 1.54) is 9.87 Å². The van der Waals surface area contributed by atoms with E-state index < -0.39 is 10.0 Å². The predicted molar refractivity (Wildman–Crippen MR) is 97.9 cm³/mol. The van der Waals surface area contributed by atoms with E-state index in [2.05, 4.69) is 48.8 Å². The summed E-state index contributed by atoms with van der Waals surface area (Å²) in [4.78, 5) is 0.300. The fourth-order valence-corrected chi connectivity index (χ4v) is 3.66. The minimum absolute atomic E-state index is 0.0912. The molecule has 0 aliphatic rings. The zero-order valence-corrected chi connectivity index (χ0v) is 16.3. The first-order chi connectivity index (χ1) is 10.6. The van der Waals surface area contributed by atoms with Crippen LogP contribution in [-0.2, 0) is 22.0 Å². The molecular weight excluding hydrogens is 374 g/mol. The molecule has 0 atom stereocenters. The molecule has 0 radical (unpaired) electrons. The maximum absolute atomic E-state index is 12.6. The summed E-state index contributed by atoms with van der Waals surface area (Å²) in [6.07, 6.45) is 0. The van der Waals surface area contributed by atoms with Gasteiger partial charge < -0.3 is 0 Å². The Labute approximate surface area is 147 Å². The van der Waals surface area contributed by atoms with Crippen LogP contribution >= 0.6 is 15.9 Å². The molecule has 0 aromatic heterocycles. The molecule has 0 fully saturated rings. The molecule has 0 N–H and O–H groups in total. The molecule has 2 aromatic carbocycles. The highest BCUT2D eigenvalue weighted by Gasteiger charge is 2.21. The van der Waals surface area contributed by atoms with E-state index in [0.717, 1.165) is 10.0 Å². The van der Waals surface area contributed by atoms with Crippen molar-refractivity contribution in [2.45, 2.75) is 37.6 Å². The molecule has 0 spiro atoms. The normalized spacial score (nSPS) is 12.6. The van der Waals surface area contributed by atoms with Gasteiger partial charge in [-0.15, -0.1) is 0 Å². The predicted octanol–water partition coefficient (Wildman–Crippen LogP) is 4.57. The Kier molecular flexibility index (Phi) is 5.33. The van der Waals surface area contributed by atoms with Gasteiger partial charge in [-0.2, -0.15) is 4.31 Å². The summed E-state index contributed by atoms with van der Waals surface area (Å²) in [5, 5.41) is 0. The second-order valence-corrected chi connectivity index (χ2v) is 9.62. The Bertz CT molecular complexity index is 760. The van der Waals surface area contributed by atoms with E-state index in [-0.39, 0.29) is 5.41 Å². The van der Waals surface area contributed by atoms with Crippen LogP contribution in [0.1, 0.15) is 31.9 Å². The number of benzene rings is 2. The Morgan fingerprint density at radius 2 is 1.48 bits per heavy atom. The van der Waals surface area contributed by atoms with Gasteiger partial charge in [-0.3, -0.25) is 0 Å². The second-order valence-electron chi connectivity index (χ2n) is 6.66. The van der Waals surface area contributed by atoms with Gasteiger partial charge in [-0.1, -0.05) is 61.0 Å². The molecule has 0 saturated carbocycles. The van der Waals surface area contributed by atoms with Gasteiger partial charge in [0, 0.05) is 18.1 Å². The molecule has 0 heterocycles. The van der Waals surface area contributed by atoms with E-state index in [0.29, 0.717) is 11.4 Å². The van der Waals surface area contributed by atoms with Crippen LogP contribution in [0.3, 0.4) is 0 Å². The summed E-state index contributed by atoms with van der Waals surface area (Å²) in [5.74, 6) is 0. The molecule has 5 heteroatoms. The number of halogens is 1. The fourth-order valence-electron chi connectivity index (χ4n) is 2.24. The van der Waals surface area contributed by atoms with Crippen LogP contribution in [-0.4, -0.2) is 19.8 Å². The summed E-state index contributed by atoms with van der Waals surface area (Å²) in [6.45, 7) is 6.83. The van der Waals surface area contributed by atoms with Crippen molar-refractivity contribution in [1.29, 1.82) is 0 Å². The summed E-state index contributed by atoms with van der Waals surface area (Å²) in [6, 6.07) is 14.8. The van der Waals surface area contributed by atoms with Gasteiger partial charge >= 0.3 is 0 Å². The second kappa shape index (κ2) is 6.75. The molecule has 23 heavy (non-hydrogen) atoms. The summed E-state index contributed by atoms with van der Waals surface area (Å²) in [5.41, 5.74) is 2.30. The molecular formula is C18H22BrNO2S. The molecule has 2 rings (SSSR count). The van der Waals surface area contributed by atoms with Crippen LogP contribution in [0.25, 0.3) is 0 Å². The van der Waals surface area contributed by atoms with E-state index >= 15 is 0 Å². The third-order valence-electron chi connectivity index (χ3n) is 3.75. The quantitative estimate of drug-likeness (QED) is 0.760. The largest absolute Gasteiger partial charge is 0.243 e. The van der Waals surface area contributed by atoms with E-state index in [1.807, 2.05) is 12.1 Å². The summed E-state index contributed by atoms with van der Waals surface area (Å²) < 4.78 is 27.4. The van der Waals surface area contributed by atoms with E-state index in [1.54, 1.807) is 31.3 Å². The minimum Gasteiger partial charge on any atom is -0.207 e. The number of sulfonamides is 1. The molecule has 2 aromatic rings. The van der Waals surface area contributed by atoms with Gasteiger partial charge in [0.2, 0.25) is 10.0 Å². The van der Waals surface area contributed by atoms with E-state index in [9.17, 15) is 8.42 Å². The van der Waals surface area contributed by atoms with Crippen molar-refractivity contribution in [1.82, 2.24) is 4.31 Å². The lowest BCUT2D eigenvalue weighted by Gasteiger charge is -2.21. The van der Waals surface area contributed by atoms with Crippen LogP contribution in [0, 0.1) is 0 Å². The lowest BCUT2D eigenvalue weighted by molar-refractivity contribution is 0.466. The van der Waals surface area contributed by atoms with Crippen molar-refractivity contribution in [3.05, 3.63) is 64.1 Å². The van der Waals surface area contributed by atoms with Crippen molar-refractivity contribution >= 4 is 26.0 Å². The molecule has 0 aliphatic heterocycles. The van der Waals surface area contributed by atoms with Gasteiger partial charge in [0.15, 0.2) is 0 Å². The van der Waals surface area contributed by atoms with Crippen LogP contribution in [0.4, 0.5) is 0 Å². The Morgan fingerprint density at radius 3 is 1.96 bits per heavy atom. The van der Waals surface area contributed by atoms with Crippen LogP contribution in [0.5, 0.6) is 0 Å². The molecule has 0 bridgehead atoms. The summed E-state index contributed by atoms with van der Waals surface area (Å²) >= 11 is 3.32. The topological polar surface area (TPSA) is 37.4 Å². The highest BCUT2D eigenvalue weighted by atomic mass is 79.9. The molecule has 0 saturated heterocycles. The zero-order valence-electron chi connectivity index (χ0n) is 13.9. The average Bonchev–Trinajstić information content (AvgIpc) is 2.47. The third kappa shape index (κ3) is 4.43. The van der Waals surface area contributed by atoms with Crippen molar-refractivity contribution in [3.8, 4) is 0 Å². The third-order valence-corrected chi connectivity index (χ3v) is 6.09. The molecule has 0 aliphatic carbocycles. The Hall–Kier alpha value is -1.17. The van der Waals surface area contributed by atoms with Gasteiger partial charge in [-0.05, 0) is 40.8 Å². The zero-order chi connectivity index (χ0) is 17.3. The number of rotatable bonds is 4. The minimum atomic E-state index is -3.48. The van der Waals surface area contributed by atoms with Crippen LogP contribution < -0.4 is 0 Å².